The van der Waals surface area contributed by atoms with E-state index >= 15 is 0 Å². The van der Waals surface area contributed by atoms with Gasteiger partial charge >= 0.3 is 0 Å². The van der Waals surface area contributed by atoms with Gasteiger partial charge in [0, 0.05) is 56.1 Å². The van der Waals surface area contributed by atoms with Crippen LogP contribution < -0.4 is 10.6 Å². The van der Waals surface area contributed by atoms with E-state index in [0.717, 1.165) is 29.8 Å². The number of carbonyl (C=O) groups is 2. The summed E-state index contributed by atoms with van der Waals surface area (Å²) in [5, 5.41) is 13.2. The van der Waals surface area contributed by atoms with Gasteiger partial charge in [0.05, 0.1) is 0 Å². The molecule has 2 heterocycles. The molecule has 3 rings (SSSR count). The average Bonchev–Trinajstić information content (AvgIpc) is 3.00. The number of benzene rings is 1. The Bertz CT molecular complexity index is 800. The molecule has 0 unspecified atom stereocenters. The van der Waals surface area contributed by atoms with Crippen LogP contribution in [0.3, 0.4) is 0 Å². The first-order valence-corrected chi connectivity index (χ1v) is 7.88. The van der Waals surface area contributed by atoms with Crippen molar-refractivity contribution in [2.24, 2.45) is 0 Å². The largest absolute Gasteiger partial charge is 0.345 e. The second-order valence-corrected chi connectivity index (χ2v) is 6.14. The molecule has 2 aromatic rings. The highest BCUT2D eigenvalue weighted by atomic mass is 35.5. The molecular weight excluding hydrogens is 342 g/mol. The standard InChI is InChI=1S/C17H21N5O2.ClH/c1-10-4-5-11(8-12(10)17(24)22(2)3)19-16(23)15-13-9-18-7-6-14(13)20-21-15;/h4-5,8,18H,6-7,9H2,1-3H3,(H,19,23)(H,20,21);1H. The number of anilines is 1. The second-order valence-electron chi connectivity index (χ2n) is 6.14. The number of fused-ring (bicyclic) bond motifs is 1. The molecule has 0 spiro atoms. The molecule has 0 saturated carbocycles. The third-order valence-corrected chi connectivity index (χ3v) is 4.15. The topological polar surface area (TPSA) is 90.1 Å². The number of amides is 2. The van der Waals surface area contributed by atoms with Crippen LogP contribution in [0, 0.1) is 6.92 Å². The number of rotatable bonds is 3. The zero-order valence-corrected chi connectivity index (χ0v) is 15.3. The highest BCUT2D eigenvalue weighted by Gasteiger charge is 2.22. The number of hydrogen-bond donors (Lipinski definition) is 3. The first-order valence-electron chi connectivity index (χ1n) is 7.88. The number of nitrogens with zero attached hydrogens (tertiary/aromatic N) is 2. The zero-order chi connectivity index (χ0) is 17.3. The Labute approximate surface area is 152 Å². The van der Waals surface area contributed by atoms with Gasteiger partial charge in [-0.05, 0) is 24.6 Å². The first kappa shape index (κ1) is 19.0. The van der Waals surface area contributed by atoms with E-state index in [2.05, 4.69) is 20.8 Å². The molecule has 134 valence electrons. The number of carbonyl (C=O) groups excluding carboxylic acids is 2. The van der Waals surface area contributed by atoms with E-state index in [4.69, 9.17) is 0 Å². The minimum atomic E-state index is -0.275. The fourth-order valence-corrected chi connectivity index (χ4v) is 2.77. The zero-order valence-electron chi connectivity index (χ0n) is 14.5. The predicted octanol–water partition coefficient (Wildman–Crippen LogP) is 1.74. The van der Waals surface area contributed by atoms with E-state index in [1.807, 2.05) is 13.0 Å². The molecule has 0 atom stereocenters. The van der Waals surface area contributed by atoms with Gasteiger partial charge in [-0.15, -0.1) is 12.4 Å². The molecule has 1 aliphatic heterocycles. The lowest BCUT2D eigenvalue weighted by atomic mass is 10.1. The lowest BCUT2D eigenvalue weighted by Gasteiger charge is -2.15. The quantitative estimate of drug-likeness (QED) is 0.774. The molecule has 25 heavy (non-hydrogen) atoms. The van der Waals surface area contributed by atoms with Gasteiger partial charge in [-0.25, -0.2) is 0 Å². The van der Waals surface area contributed by atoms with Crippen LogP contribution in [0.15, 0.2) is 18.2 Å². The van der Waals surface area contributed by atoms with Crippen LogP contribution in [0.5, 0.6) is 0 Å². The summed E-state index contributed by atoms with van der Waals surface area (Å²) < 4.78 is 0. The molecule has 3 N–H and O–H groups in total. The van der Waals surface area contributed by atoms with Gasteiger partial charge in [0.25, 0.3) is 11.8 Å². The first-order chi connectivity index (χ1) is 11.5. The number of aromatic amines is 1. The monoisotopic (exact) mass is 363 g/mol. The van der Waals surface area contributed by atoms with E-state index in [1.165, 1.54) is 4.90 Å². The number of hydrogen-bond acceptors (Lipinski definition) is 4. The number of halogens is 1. The Morgan fingerprint density at radius 2 is 2.04 bits per heavy atom. The van der Waals surface area contributed by atoms with Crippen molar-refractivity contribution >= 4 is 29.9 Å². The molecule has 1 aromatic carbocycles. The van der Waals surface area contributed by atoms with Gasteiger partial charge in [0.1, 0.15) is 0 Å². The number of H-pyrrole nitrogens is 1. The normalized spacial score (nSPS) is 12.8. The molecule has 2 amide bonds. The third-order valence-electron chi connectivity index (χ3n) is 4.15. The van der Waals surface area contributed by atoms with Gasteiger partial charge < -0.3 is 15.5 Å². The maximum Gasteiger partial charge on any atom is 0.276 e. The van der Waals surface area contributed by atoms with Crippen LogP contribution in [0.1, 0.15) is 37.7 Å². The van der Waals surface area contributed by atoms with Gasteiger partial charge in [0.15, 0.2) is 5.69 Å². The van der Waals surface area contributed by atoms with Crippen LogP contribution in [0.2, 0.25) is 0 Å². The van der Waals surface area contributed by atoms with Crippen molar-refractivity contribution in [2.45, 2.75) is 19.9 Å². The van der Waals surface area contributed by atoms with Crippen molar-refractivity contribution in [1.29, 1.82) is 0 Å². The van der Waals surface area contributed by atoms with Crippen molar-refractivity contribution in [3.63, 3.8) is 0 Å². The van der Waals surface area contributed by atoms with E-state index in [-0.39, 0.29) is 24.2 Å². The van der Waals surface area contributed by atoms with Crippen molar-refractivity contribution in [3.05, 3.63) is 46.3 Å². The minimum Gasteiger partial charge on any atom is -0.345 e. The molecule has 0 saturated heterocycles. The summed E-state index contributed by atoms with van der Waals surface area (Å²) >= 11 is 0. The smallest absolute Gasteiger partial charge is 0.276 e. The summed E-state index contributed by atoms with van der Waals surface area (Å²) in [6, 6.07) is 5.32. The Hall–Kier alpha value is -2.38. The van der Waals surface area contributed by atoms with Crippen molar-refractivity contribution < 1.29 is 9.59 Å². The Balaban J connectivity index is 0.00000225. The van der Waals surface area contributed by atoms with Crippen LogP contribution >= 0.6 is 12.4 Å². The molecule has 0 radical (unpaired) electrons. The third kappa shape index (κ3) is 3.83. The van der Waals surface area contributed by atoms with Gasteiger partial charge in [0.2, 0.25) is 0 Å². The van der Waals surface area contributed by atoms with Crippen molar-refractivity contribution in [1.82, 2.24) is 20.4 Å². The van der Waals surface area contributed by atoms with Gasteiger partial charge in [-0.2, -0.15) is 5.10 Å². The summed E-state index contributed by atoms with van der Waals surface area (Å²) in [6.45, 7) is 3.38. The van der Waals surface area contributed by atoms with E-state index in [1.54, 1.807) is 26.2 Å². The highest BCUT2D eigenvalue weighted by molar-refractivity contribution is 6.05. The Kier molecular flexibility index (Phi) is 5.81. The van der Waals surface area contributed by atoms with Gasteiger partial charge in [-0.3, -0.25) is 14.7 Å². The SMILES string of the molecule is Cc1ccc(NC(=O)c2n[nH]c3c2CNCC3)cc1C(=O)N(C)C.Cl. The number of aryl methyl sites for hydroxylation is 1. The van der Waals surface area contributed by atoms with Crippen LogP contribution in [0.25, 0.3) is 0 Å². The lowest BCUT2D eigenvalue weighted by molar-refractivity contribution is 0.0826. The van der Waals surface area contributed by atoms with E-state index in [0.29, 0.717) is 23.5 Å². The van der Waals surface area contributed by atoms with E-state index in [9.17, 15) is 9.59 Å². The molecule has 1 aromatic heterocycles. The molecule has 7 nitrogen and oxygen atoms in total. The summed E-state index contributed by atoms with van der Waals surface area (Å²) in [6.07, 6.45) is 0.835. The van der Waals surface area contributed by atoms with Crippen LogP contribution in [-0.4, -0.2) is 47.6 Å². The van der Waals surface area contributed by atoms with E-state index < -0.39 is 0 Å². The molecule has 0 fully saturated rings. The lowest BCUT2D eigenvalue weighted by Crippen LogP contribution is -2.25. The number of aromatic nitrogens is 2. The maximum absolute atomic E-state index is 12.5. The minimum absolute atomic E-state index is 0. The van der Waals surface area contributed by atoms with Crippen LogP contribution in [-0.2, 0) is 13.0 Å². The van der Waals surface area contributed by atoms with Crippen LogP contribution in [0.4, 0.5) is 5.69 Å². The summed E-state index contributed by atoms with van der Waals surface area (Å²) in [7, 11) is 3.41. The summed E-state index contributed by atoms with van der Waals surface area (Å²) in [5.41, 5.74) is 4.34. The Morgan fingerprint density at radius 3 is 2.76 bits per heavy atom. The number of nitrogens with one attached hydrogen (secondary N) is 3. The predicted molar refractivity (Wildman–Crippen MR) is 98.4 cm³/mol. The second kappa shape index (κ2) is 7.67. The molecule has 8 heteroatoms. The average molecular weight is 364 g/mol. The van der Waals surface area contributed by atoms with Gasteiger partial charge in [-0.1, -0.05) is 6.07 Å². The fraction of sp³-hybridized carbons (Fsp3) is 0.353. The maximum atomic E-state index is 12.5. The van der Waals surface area contributed by atoms with Crippen molar-refractivity contribution in [3.8, 4) is 0 Å². The molecule has 0 aliphatic carbocycles. The molecular formula is C17H22ClN5O2. The van der Waals surface area contributed by atoms with Crippen molar-refractivity contribution in [2.75, 3.05) is 26.0 Å². The fourth-order valence-electron chi connectivity index (χ4n) is 2.77. The molecule has 1 aliphatic rings. The summed E-state index contributed by atoms with van der Waals surface area (Å²) in [4.78, 5) is 26.3. The Morgan fingerprint density at radius 1 is 1.28 bits per heavy atom. The molecule has 0 bridgehead atoms. The highest BCUT2D eigenvalue weighted by Crippen LogP contribution is 2.20. The summed E-state index contributed by atoms with van der Waals surface area (Å²) in [5.74, 6) is -0.367.